The van der Waals surface area contributed by atoms with E-state index >= 15 is 0 Å². The van der Waals surface area contributed by atoms with Gasteiger partial charge in [0.1, 0.15) is 5.69 Å². The van der Waals surface area contributed by atoms with Crippen LogP contribution in [-0.4, -0.2) is 15.9 Å². The molecule has 3 rings (SSSR count). The van der Waals surface area contributed by atoms with Crippen LogP contribution in [0.15, 0.2) is 63.7 Å². The van der Waals surface area contributed by atoms with Crippen molar-refractivity contribution in [2.24, 2.45) is 5.73 Å². The van der Waals surface area contributed by atoms with Crippen molar-refractivity contribution in [1.29, 1.82) is 0 Å². The Morgan fingerprint density at radius 2 is 1.30 bits per heavy atom. The summed E-state index contributed by atoms with van der Waals surface area (Å²) in [7, 11) is 0. The zero-order valence-electron chi connectivity index (χ0n) is 11.8. The summed E-state index contributed by atoms with van der Waals surface area (Å²) in [4.78, 5) is 20.3. The fourth-order valence-corrected chi connectivity index (χ4v) is 2.66. The number of hydrogen-bond acceptors (Lipinski definition) is 3. The number of benzene rings is 2. The predicted octanol–water partition coefficient (Wildman–Crippen LogP) is 4.43. The number of halogens is 2. The van der Waals surface area contributed by atoms with Gasteiger partial charge in [-0.1, -0.05) is 56.1 Å². The molecule has 0 saturated carbocycles. The van der Waals surface area contributed by atoms with Crippen LogP contribution in [0, 0.1) is 0 Å². The standard InChI is InChI=1S/C17H11Br2N3O/c18-12-5-1-10(2-6-12)15-16(11-3-7-13(19)8-4-11)22-14(9-21-15)17(20)23/h1-9H,(H2,20,23). The molecule has 2 N–H and O–H groups in total. The van der Waals surface area contributed by atoms with Gasteiger partial charge in [0.2, 0.25) is 0 Å². The molecule has 0 saturated heterocycles. The number of amides is 1. The molecular formula is C17H11Br2N3O. The van der Waals surface area contributed by atoms with Crippen molar-refractivity contribution in [3.05, 3.63) is 69.4 Å². The molecule has 1 heterocycles. The van der Waals surface area contributed by atoms with E-state index in [1.165, 1.54) is 6.20 Å². The van der Waals surface area contributed by atoms with E-state index in [1.54, 1.807) is 0 Å². The molecule has 0 fully saturated rings. The predicted molar refractivity (Wildman–Crippen MR) is 96.8 cm³/mol. The number of carbonyl (C=O) groups is 1. The van der Waals surface area contributed by atoms with E-state index in [9.17, 15) is 4.79 Å². The van der Waals surface area contributed by atoms with E-state index in [0.717, 1.165) is 20.1 Å². The number of nitrogens with zero attached hydrogens (tertiary/aromatic N) is 2. The lowest BCUT2D eigenvalue weighted by atomic mass is 10.0. The van der Waals surface area contributed by atoms with E-state index in [-0.39, 0.29) is 5.69 Å². The minimum absolute atomic E-state index is 0.142. The molecule has 3 aromatic rings. The first-order valence-electron chi connectivity index (χ1n) is 6.73. The second-order valence-corrected chi connectivity index (χ2v) is 6.66. The van der Waals surface area contributed by atoms with E-state index in [1.807, 2.05) is 48.5 Å². The minimum Gasteiger partial charge on any atom is -0.364 e. The molecule has 0 spiro atoms. The maximum absolute atomic E-state index is 11.4. The molecule has 0 atom stereocenters. The molecule has 0 unspecified atom stereocenters. The Balaban J connectivity index is 2.20. The summed E-state index contributed by atoms with van der Waals surface area (Å²) < 4.78 is 1.94. The molecule has 0 radical (unpaired) electrons. The largest absolute Gasteiger partial charge is 0.364 e. The Labute approximate surface area is 150 Å². The van der Waals surface area contributed by atoms with Crippen LogP contribution in [0.2, 0.25) is 0 Å². The normalized spacial score (nSPS) is 10.5. The van der Waals surface area contributed by atoms with Gasteiger partial charge in [-0.2, -0.15) is 0 Å². The monoisotopic (exact) mass is 431 g/mol. The fraction of sp³-hybridized carbons (Fsp3) is 0. The number of hydrogen-bond donors (Lipinski definition) is 1. The Morgan fingerprint density at radius 1 is 0.826 bits per heavy atom. The summed E-state index contributed by atoms with van der Waals surface area (Å²) in [5, 5.41) is 0. The Hall–Kier alpha value is -2.05. The number of nitrogens with two attached hydrogens (primary N) is 1. The average Bonchev–Trinajstić information content (AvgIpc) is 2.56. The highest BCUT2D eigenvalue weighted by Gasteiger charge is 2.14. The van der Waals surface area contributed by atoms with Gasteiger partial charge < -0.3 is 5.73 Å². The molecule has 1 amide bonds. The average molecular weight is 433 g/mol. The Kier molecular flexibility index (Phi) is 4.54. The van der Waals surface area contributed by atoms with Gasteiger partial charge in [0.15, 0.2) is 0 Å². The van der Waals surface area contributed by atoms with Gasteiger partial charge in [-0.05, 0) is 24.3 Å². The number of rotatable bonds is 3. The van der Waals surface area contributed by atoms with Crippen molar-refractivity contribution in [2.45, 2.75) is 0 Å². The van der Waals surface area contributed by atoms with Crippen LogP contribution in [0.5, 0.6) is 0 Å². The number of primary amides is 1. The lowest BCUT2D eigenvalue weighted by Crippen LogP contribution is -2.14. The van der Waals surface area contributed by atoms with Gasteiger partial charge in [0.05, 0.1) is 17.6 Å². The molecule has 1 aromatic heterocycles. The molecular weight excluding hydrogens is 422 g/mol. The summed E-state index contributed by atoms with van der Waals surface area (Å²) in [5.41, 5.74) is 8.58. The van der Waals surface area contributed by atoms with Crippen molar-refractivity contribution in [3.63, 3.8) is 0 Å². The van der Waals surface area contributed by atoms with Crippen LogP contribution in [-0.2, 0) is 0 Å². The Bertz CT molecular complexity index is 862. The van der Waals surface area contributed by atoms with Gasteiger partial charge in [-0.25, -0.2) is 4.98 Å². The summed E-state index contributed by atoms with van der Waals surface area (Å²) in [6.45, 7) is 0. The van der Waals surface area contributed by atoms with Gasteiger partial charge in [-0.15, -0.1) is 0 Å². The van der Waals surface area contributed by atoms with Crippen molar-refractivity contribution in [1.82, 2.24) is 9.97 Å². The SMILES string of the molecule is NC(=O)c1cnc(-c2ccc(Br)cc2)c(-c2ccc(Br)cc2)n1. The maximum Gasteiger partial charge on any atom is 0.268 e. The van der Waals surface area contributed by atoms with Crippen molar-refractivity contribution < 1.29 is 4.79 Å². The first kappa shape index (κ1) is 15.8. The van der Waals surface area contributed by atoms with Crippen LogP contribution in [0.4, 0.5) is 0 Å². The highest BCUT2D eigenvalue weighted by atomic mass is 79.9. The molecule has 2 aromatic carbocycles. The summed E-state index contributed by atoms with van der Waals surface area (Å²) >= 11 is 6.83. The van der Waals surface area contributed by atoms with Crippen LogP contribution in [0.25, 0.3) is 22.5 Å². The van der Waals surface area contributed by atoms with Gasteiger partial charge in [-0.3, -0.25) is 9.78 Å². The Morgan fingerprint density at radius 3 is 1.78 bits per heavy atom. The zero-order valence-corrected chi connectivity index (χ0v) is 15.0. The summed E-state index contributed by atoms with van der Waals surface area (Å²) in [6, 6.07) is 15.4. The highest BCUT2D eigenvalue weighted by molar-refractivity contribution is 9.10. The first-order chi connectivity index (χ1) is 11.0. The molecule has 0 aliphatic carbocycles. The van der Waals surface area contributed by atoms with Crippen LogP contribution in [0.1, 0.15) is 10.5 Å². The summed E-state index contributed by atoms with van der Waals surface area (Å²) in [5.74, 6) is -0.599. The van der Waals surface area contributed by atoms with E-state index in [4.69, 9.17) is 5.73 Å². The van der Waals surface area contributed by atoms with Crippen LogP contribution in [0.3, 0.4) is 0 Å². The van der Waals surface area contributed by atoms with E-state index in [0.29, 0.717) is 11.4 Å². The number of aromatic nitrogens is 2. The van der Waals surface area contributed by atoms with Crippen LogP contribution >= 0.6 is 31.9 Å². The second kappa shape index (κ2) is 6.60. The van der Waals surface area contributed by atoms with Crippen LogP contribution < -0.4 is 5.73 Å². The molecule has 0 bridgehead atoms. The fourth-order valence-electron chi connectivity index (χ4n) is 2.14. The highest BCUT2D eigenvalue weighted by Crippen LogP contribution is 2.30. The molecule has 0 aliphatic rings. The topological polar surface area (TPSA) is 68.9 Å². The van der Waals surface area contributed by atoms with Crippen molar-refractivity contribution >= 4 is 37.8 Å². The number of carbonyl (C=O) groups excluding carboxylic acids is 1. The first-order valence-corrected chi connectivity index (χ1v) is 8.32. The third kappa shape index (κ3) is 3.48. The van der Waals surface area contributed by atoms with Gasteiger partial charge in [0.25, 0.3) is 5.91 Å². The third-order valence-electron chi connectivity index (χ3n) is 3.26. The zero-order chi connectivity index (χ0) is 16.4. The van der Waals surface area contributed by atoms with Crippen molar-refractivity contribution in [2.75, 3.05) is 0 Å². The molecule has 114 valence electrons. The smallest absolute Gasteiger partial charge is 0.268 e. The minimum atomic E-state index is -0.599. The quantitative estimate of drug-likeness (QED) is 0.665. The molecule has 6 heteroatoms. The molecule has 0 aliphatic heterocycles. The third-order valence-corrected chi connectivity index (χ3v) is 4.32. The second-order valence-electron chi connectivity index (χ2n) is 4.83. The lowest BCUT2D eigenvalue weighted by Gasteiger charge is -2.10. The van der Waals surface area contributed by atoms with Gasteiger partial charge in [0, 0.05) is 20.1 Å². The molecule has 23 heavy (non-hydrogen) atoms. The van der Waals surface area contributed by atoms with E-state index in [2.05, 4.69) is 41.8 Å². The summed E-state index contributed by atoms with van der Waals surface area (Å²) in [6.07, 6.45) is 1.40. The van der Waals surface area contributed by atoms with Crippen molar-refractivity contribution in [3.8, 4) is 22.5 Å². The lowest BCUT2D eigenvalue weighted by molar-refractivity contribution is 0.0995. The molecule has 4 nitrogen and oxygen atoms in total. The maximum atomic E-state index is 11.4. The van der Waals surface area contributed by atoms with E-state index < -0.39 is 5.91 Å². The van der Waals surface area contributed by atoms with Gasteiger partial charge >= 0.3 is 0 Å².